The molecule has 0 radical (unpaired) electrons. The molecule has 0 spiro atoms. The van der Waals surface area contributed by atoms with Crippen molar-refractivity contribution in [1.82, 2.24) is 10.0 Å². The molecule has 31 heavy (non-hydrogen) atoms. The molecule has 0 aromatic heterocycles. The summed E-state index contributed by atoms with van der Waals surface area (Å²) in [7, 11) is -0.180. The number of rotatable bonds is 12. The maximum absolute atomic E-state index is 13.9. The summed E-state index contributed by atoms with van der Waals surface area (Å²) in [5.41, 5.74) is 2.29. The van der Waals surface area contributed by atoms with Gasteiger partial charge in [-0.25, -0.2) is 12.8 Å². The van der Waals surface area contributed by atoms with Gasteiger partial charge in [-0.3, -0.25) is 4.79 Å². The first-order chi connectivity index (χ1) is 14.7. The Morgan fingerprint density at radius 1 is 1.13 bits per heavy atom. The molecule has 0 aliphatic carbocycles. The highest BCUT2D eigenvalue weighted by Crippen LogP contribution is 2.15. The molecule has 2 rings (SSSR count). The summed E-state index contributed by atoms with van der Waals surface area (Å²) in [5.74, 6) is -0.660. The maximum Gasteiger partial charge on any atom is 0.244 e. The first-order valence-electron chi connectivity index (χ1n) is 10.0. The lowest BCUT2D eigenvalue weighted by atomic mass is 10.1. The van der Waals surface area contributed by atoms with E-state index in [4.69, 9.17) is 0 Å². The first kappa shape index (κ1) is 25.2. The average Bonchev–Trinajstić information content (AvgIpc) is 2.74. The van der Waals surface area contributed by atoms with Crippen LogP contribution in [0.5, 0.6) is 0 Å². The molecular formula is C22H30FN3O3S2. The molecule has 6 nitrogen and oxygen atoms in total. The summed E-state index contributed by atoms with van der Waals surface area (Å²) in [6.07, 6.45) is 3.71. The van der Waals surface area contributed by atoms with E-state index in [1.54, 1.807) is 0 Å². The summed E-state index contributed by atoms with van der Waals surface area (Å²) < 4.78 is 41.5. The van der Waals surface area contributed by atoms with E-state index in [2.05, 4.69) is 22.2 Å². The number of halogens is 1. The number of sulfonamides is 1. The summed E-state index contributed by atoms with van der Waals surface area (Å²) in [5, 5.41) is 2.80. The van der Waals surface area contributed by atoms with Crippen LogP contribution in [0.2, 0.25) is 0 Å². The highest BCUT2D eigenvalue weighted by Gasteiger charge is 2.27. The van der Waals surface area contributed by atoms with Crippen LogP contribution in [0.1, 0.15) is 18.4 Å². The van der Waals surface area contributed by atoms with Crippen molar-refractivity contribution in [3.63, 3.8) is 0 Å². The number of hydrogen-bond acceptors (Lipinski definition) is 5. The van der Waals surface area contributed by atoms with Crippen molar-refractivity contribution in [1.29, 1.82) is 0 Å². The maximum atomic E-state index is 13.9. The molecule has 9 heteroatoms. The number of amides is 1. The van der Waals surface area contributed by atoms with Crippen molar-refractivity contribution >= 4 is 33.4 Å². The van der Waals surface area contributed by atoms with Crippen LogP contribution in [0.15, 0.2) is 53.4 Å². The van der Waals surface area contributed by atoms with Crippen LogP contribution in [-0.2, 0) is 21.2 Å². The third-order valence-electron chi connectivity index (χ3n) is 4.74. The Morgan fingerprint density at radius 3 is 2.42 bits per heavy atom. The highest BCUT2D eigenvalue weighted by atomic mass is 32.2. The quantitative estimate of drug-likeness (QED) is 0.469. The molecule has 0 fully saturated rings. The zero-order valence-electron chi connectivity index (χ0n) is 18.1. The van der Waals surface area contributed by atoms with Gasteiger partial charge in [-0.05, 0) is 61.1 Å². The van der Waals surface area contributed by atoms with Crippen molar-refractivity contribution in [3.8, 4) is 0 Å². The van der Waals surface area contributed by atoms with Crippen molar-refractivity contribution in [2.45, 2.75) is 30.2 Å². The average molecular weight is 468 g/mol. The van der Waals surface area contributed by atoms with Crippen molar-refractivity contribution < 1.29 is 17.6 Å². The lowest BCUT2D eigenvalue weighted by Gasteiger charge is -2.18. The van der Waals surface area contributed by atoms with Crippen molar-refractivity contribution in [3.05, 3.63) is 59.9 Å². The van der Waals surface area contributed by atoms with Gasteiger partial charge in [-0.1, -0.05) is 24.3 Å². The van der Waals surface area contributed by atoms with E-state index in [1.165, 1.54) is 35.5 Å². The van der Waals surface area contributed by atoms with Crippen LogP contribution in [0.25, 0.3) is 0 Å². The molecule has 2 aromatic carbocycles. The second kappa shape index (κ2) is 12.1. The molecule has 170 valence electrons. The van der Waals surface area contributed by atoms with Crippen LogP contribution in [0.3, 0.4) is 0 Å². The number of aryl methyl sites for hydroxylation is 1. The summed E-state index contributed by atoms with van der Waals surface area (Å²) >= 11 is 1.51. The standard InChI is InChI=1S/C22H30FN3O3S2/c1-26(2)18-12-10-17(11-13-18)7-6-15-24-22(27)20(14-16-30-3)25-31(28,29)21-9-5-4-8-19(21)23/h4-5,8-13,20,25H,6-7,14-16H2,1-3H3,(H,24,27). The number of hydrogen-bond donors (Lipinski definition) is 2. The molecule has 0 aliphatic rings. The lowest BCUT2D eigenvalue weighted by molar-refractivity contribution is -0.122. The Bertz CT molecular complexity index is 951. The second-order valence-corrected chi connectivity index (χ2v) is 10.0. The van der Waals surface area contributed by atoms with E-state index >= 15 is 0 Å². The number of benzene rings is 2. The second-order valence-electron chi connectivity index (χ2n) is 7.34. The number of nitrogens with one attached hydrogen (secondary N) is 2. The van der Waals surface area contributed by atoms with Crippen LogP contribution < -0.4 is 14.9 Å². The fraction of sp³-hybridized carbons (Fsp3) is 0.409. The molecule has 0 saturated heterocycles. The highest BCUT2D eigenvalue weighted by molar-refractivity contribution is 7.98. The third-order valence-corrected chi connectivity index (χ3v) is 6.89. The summed E-state index contributed by atoms with van der Waals surface area (Å²) in [6.45, 7) is 0.422. The van der Waals surface area contributed by atoms with Crippen LogP contribution in [0.4, 0.5) is 10.1 Å². The Labute approximate surface area is 188 Å². The van der Waals surface area contributed by atoms with Gasteiger partial charge in [0.25, 0.3) is 0 Å². The summed E-state index contributed by atoms with van der Waals surface area (Å²) in [6, 6.07) is 12.4. The molecular weight excluding hydrogens is 437 g/mol. The van der Waals surface area contributed by atoms with Gasteiger partial charge in [0.1, 0.15) is 16.8 Å². The van der Waals surface area contributed by atoms with Gasteiger partial charge in [0.2, 0.25) is 15.9 Å². The SMILES string of the molecule is CSCCC(NS(=O)(=O)c1ccccc1F)C(=O)NCCCc1ccc(N(C)C)cc1. The minimum absolute atomic E-state index is 0.312. The number of nitrogens with zero attached hydrogens (tertiary/aromatic N) is 1. The van der Waals surface area contributed by atoms with Gasteiger partial charge in [0.15, 0.2) is 0 Å². The minimum atomic E-state index is -4.15. The molecule has 1 unspecified atom stereocenters. The normalized spacial score (nSPS) is 12.4. The largest absolute Gasteiger partial charge is 0.378 e. The van der Waals surface area contributed by atoms with E-state index in [0.717, 1.165) is 24.6 Å². The Balaban J connectivity index is 1.92. The molecule has 0 saturated carbocycles. The lowest BCUT2D eigenvalue weighted by Crippen LogP contribution is -2.47. The minimum Gasteiger partial charge on any atom is -0.378 e. The van der Waals surface area contributed by atoms with E-state index in [0.29, 0.717) is 18.7 Å². The molecule has 0 bridgehead atoms. The Kier molecular flexibility index (Phi) is 9.80. The number of carbonyl (C=O) groups is 1. The first-order valence-corrected chi connectivity index (χ1v) is 12.9. The van der Waals surface area contributed by atoms with E-state index in [1.807, 2.05) is 37.4 Å². The smallest absolute Gasteiger partial charge is 0.244 e. The fourth-order valence-electron chi connectivity index (χ4n) is 2.98. The number of thioether (sulfide) groups is 1. The van der Waals surface area contributed by atoms with Crippen LogP contribution in [0, 0.1) is 5.82 Å². The molecule has 1 atom stereocenters. The molecule has 1 amide bonds. The van der Waals surface area contributed by atoms with E-state index in [-0.39, 0.29) is 0 Å². The predicted octanol–water partition coefficient (Wildman–Crippen LogP) is 3.04. The van der Waals surface area contributed by atoms with Crippen LogP contribution in [-0.4, -0.2) is 53.0 Å². The molecule has 0 aliphatic heterocycles. The monoisotopic (exact) mass is 467 g/mol. The van der Waals surface area contributed by atoms with E-state index in [9.17, 15) is 17.6 Å². The Hall–Kier alpha value is -2.10. The summed E-state index contributed by atoms with van der Waals surface area (Å²) in [4.78, 5) is 14.2. The van der Waals surface area contributed by atoms with Crippen LogP contribution >= 0.6 is 11.8 Å². The van der Waals surface area contributed by atoms with Crippen molar-refractivity contribution in [2.24, 2.45) is 0 Å². The zero-order valence-corrected chi connectivity index (χ0v) is 19.7. The van der Waals surface area contributed by atoms with Crippen molar-refractivity contribution in [2.75, 3.05) is 37.5 Å². The zero-order chi connectivity index (χ0) is 22.9. The van der Waals surface area contributed by atoms with Gasteiger partial charge in [-0.15, -0.1) is 0 Å². The number of carbonyl (C=O) groups excluding carboxylic acids is 1. The van der Waals surface area contributed by atoms with Gasteiger partial charge in [-0.2, -0.15) is 16.5 Å². The van der Waals surface area contributed by atoms with Gasteiger partial charge >= 0.3 is 0 Å². The predicted molar refractivity (Wildman–Crippen MR) is 126 cm³/mol. The molecule has 2 aromatic rings. The Morgan fingerprint density at radius 2 is 1.81 bits per heavy atom. The van der Waals surface area contributed by atoms with Gasteiger partial charge in [0.05, 0.1) is 0 Å². The fourth-order valence-corrected chi connectivity index (χ4v) is 4.76. The molecule has 2 N–H and O–H groups in total. The van der Waals surface area contributed by atoms with Gasteiger partial charge < -0.3 is 10.2 Å². The van der Waals surface area contributed by atoms with E-state index < -0.39 is 32.7 Å². The molecule has 0 heterocycles. The number of anilines is 1. The topological polar surface area (TPSA) is 78.5 Å². The third kappa shape index (κ3) is 7.83. The van der Waals surface area contributed by atoms with Gasteiger partial charge in [0, 0.05) is 26.3 Å².